The minimum Gasteiger partial charge on any atom is -0.330 e. The molecule has 0 fully saturated rings. The summed E-state index contributed by atoms with van der Waals surface area (Å²) < 4.78 is 0. The monoisotopic (exact) mass is 197 g/mol. The molecule has 0 amide bonds. The van der Waals surface area contributed by atoms with Crippen molar-refractivity contribution < 1.29 is 4.79 Å². The fourth-order valence-electron chi connectivity index (χ4n) is 1.62. The first-order valence-corrected chi connectivity index (χ1v) is 5.47. The van der Waals surface area contributed by atoms with Gasteiger partial charge in [0.25, 0.3) is 0 Å². The molecule has 14 heavy (non-hydrogen) atoms. The molecule has 0 aliphatic heterocycles. The lowest BCUT2D eigenvalue weighted by Crippen LogP contribution is -2.12. The van der Waals surface area contributed by atoms with Crippen LogP contribution < -0.4 is 5.73 Å². The van der Waals surface area contributed by atoms with Gasteiger partial charge in [-0.15, -0.1) is 0 Å². The van der Waals surface area contributed by atoms with Crippen LogP contribution in [-0.4, -0.2) is 12.3 Å². The van der Waals surface area contributed by atoms with Gasteiger partial charge in [0.15, 0.2) is 5.78 Å². The van der Waals surface area contributed by atoms with E-state index in [0.29, 0.717) is 18.3 Å². The average Bonchev–Trinajstić information content (AvgIpc) is 2.16. The summed E-state index contributed by atoms with van der Waals surface area (Å²) >= 11 is 0. The van der Waals surface area contributed by atoms with Gasteiger partial charge in [0.05, 0.1) is 0 Å². The number of hydrogen-bond donors (Lipinski definition) is 1. The quantitative estimate of drug-likeness (QED) is 0.608. The van der Waals surface area contributed by atoms with Gasteiger partial charge in [-0.3, -0.25) is 4.79 Å². The van der Waals surface area contributed by atoms with Crippen LogP contribution >= 0.6 is 0 Å². The lowest BCUT2D eigenvalue weighted by Gasteiger charge is -2.19. The third-order valence-corrected chi connectivity index (χ3v) is 2.71. The Labute approximate surface area is 87.6 Å². The van der Waals surface area contributed by atoms with Gasteiger partial charge in [0.2, 0.25) is 0 Å². The van der Waals surface area contributed by atoms with Gasteiger partial charge in [-0.2, -0.15) is 0 Å². The summed E-state index contributed by atoms with van der Waals surface area (Å²) in [5, 5.41) is 0. The highest BCUT2D eigenvalue weighted by molar-refractivity contribution is 5.88. The Balaban J connectivity index is 3.84. The molecule has 82 valence electrons. The number of allylic oxidation sites excluding steroid dienone is 1. The first-order chi connectivity index (χ1) is 6.61. The Bertz CT molecular complexity index is 175. The highest BCUT2D eigenvalue weighted by Gasteiger charge is 2.13. The third kappa shape index (κ3) is 5.92. The summed E-state index contributed by atoms with van der Waals surface area (Å²) in [6.07, 6.45) is 5.23. The second-order valence-corrected chi connectivity index (χ2v) is 4.14. The van der Waals surface area contributed by atoms with E-state index in [4.69, 9.17) is 5.73 Å². The highest BCUT2D eigenvalue weighted by atomic mass is 16.1. The van der Waals surface area contributed by atoms with E-state index in [-0.39, 0.29) is 5.78 Å². The normalized spacial score (nSPS) is 12.9. The van der Waals surface area contributed by atoms with Crippen LogP contribution in [-0.2, 0) is 4.79 Å². The lowest BCUT2D eigenvalue weighted by atomic mass is 9.86. The minimum atomic E-state index is 0.156. The van der Waals surface area contributed by atoms with Gasteiger partial charge in [-0.25, -0.2) is 0 Å². The van der Waals surface area contributed by atoms with Crippen molar-refractivity contribution in [3.8, 4) is 0 Å². The van der Waals surface area contributed by atoms with E-state index in [2.05, 4.69) is 20.4 Å². The predicted molar refractivity (Wildman–Crippen MR) is 61.1 cm³/mol. The van der Waals surface area contributed by atoms with E-state index >= 15 is 0 Å². The van der Waals surface area contributed by atoms with Crippen LogP contribution in [0.15, 0.2) is 12.7 Å². The van der Waals surface area contributed by atoms with Crippen LogP contribution in [0.1, 0.15) is 39.5 Å². The predicted octanol–water partition coefficient (Wildman–Crippen LogP) is 2.53. The molecule has 1 atom stereocenters. The zero-order chi connectivity index (χ0) is 11.0. The first-order valence-electron chi connectivity index (χ1n) is 5.47. The molecule has 0 aromatic rings. The summed E-state index contributed by atoms with van der Waals surface area (Å²) in [4.78, 5) is 11.1. The van der Waals surface area contributed by atoms with E-state index in [1.807, 2.05) is 0 Å². The standard InChI is InChI=1S/C12H23NO/c1-4-12(14)8-7-11(10(2)3)6-5-9-13/h4,10-11H,1,5-9,13H2,2-3H3. The number of ketones is 1. The van der Waals surface area contributed by atoms with Crippen LogP contribution in [0.3, 0.4) is 0 Å². The van der Waals surface area contributed by atoms with E-state index in [9.17, 15) is 4.79 Å². The number of carbonyl (C=O) groups excluding carboxylic acids is 1. The zero-order valence-corrected chi connectivity index (χ0v) is 9.46. The number of carbonyl (C=O) groups is 1. The van der Waals surface area contributed by atoms with Crippen LogP contribution in [0.4, 0.5) is 0 Å². The van der Waals surface area contributed by atoms with Gasteiger partial charge in [0, 0.05) is 6.42 Å². The molecule has 0 saturated heterocycles. The molecule has 2 nitrogen and oxygen atoms in total. The maximum atomic E-state index is 11.1. The number of rotatable bonds is 8. The average molecular weight is 197 g/mol. The molecule has 0 aromatic carbocycles. The van der Waals surface area contributed by atoms with Crippen molar-refractivity contribution in [2.75, 3.05) is 6.54 Å². The maximum absolute atomic E-state index is 11.1. The van der Waals surface area contributed by atoms with Crippen molar-refractivity contribution in [2.24, 2.45) is 17.6 Å². The van der Waals surface area contributed by atoms with Crippen molar-refractivity contribution >= 4 is 5.78 Å². The zero-order valence-electron chi connectivity index (χ0n) is 9.46. The molecule has 1 unspecified atom stereocenters. The minimum absolute atomic E-state index is 0.156. The molecular weight excluding hydrogens is 174 g/mol. The molecule has 0 aromatic heterocycles. The van der Waals surface area contributed by atoms with Crippen molar-refractivity contribution in [3.05, 3.63) is 12.7 Å². The topological polar surface area (TPSA) is 43.1 Å². The van der Waals surface area contributed by atoms with Gasteiger partial charge in [-0.1, -0.05) is 20.4 Å². The van der Waals surface area contributed by atoms with Crippen molar-refractivity contribution in [1.29, 1.82) is 0 Å². The Morgan fingerprint density at radius 3 is 2.50 bits per heavy atom. The van der Waals surface area contributed by atoms with Crippen molar-refractivity contribution in [3.63, 3.8) is 0 Å². The largest absolute Gasteiger partial charge is 0.330 e. The molecule has 0 aliphatic carbocycles. The molecular formula is C12H23NO. The first kappa shape index (κ1) is 13.4. The number of nitrogens with two attached hydrogens (primary N) is 1. The maximum Gasteiger partial charge on any atom is 0.155 e. The molecule has 0 aliphatic rings. The fraction of sp³-hybridized carbons (Fsp3) is 0.750. The van der Waals surface area contributed by atoms with Gasteiger partial charge >= 0.3 is 0 Å². The Morgan fingerprint density at radius 1 is 1.43 bits per heavy atom. The second kappa shape index (κ2) is 7.74. The van der Waals surface area contributed by atoms with E-state index in [0.717, 1.165) is 25.8 Å². The smallest absolute Gasteiger partial charge is 0.155 e. The lowest BCUT2D eigenvalue weighted by molar-refractivity contribution is -0.114. The molecule has 2 N–H and O–H groups in total. The summed E-state index contributed by atoms with van der Waals surface area (Å²) in [5.74, 6) is 1.42. The molecule has 0 spiro atoms. The van der Waals surface area contributed by atoms with E-state index in [1.54, 1.807) is 0 Å². The summed E-state index contributed by atoms with van der Waals surface area (Å²) in [7, 11) is 0. The van der Waals surface area contributed by atoms with Crippen LogP contribution in [0.25, 0.3) is 0 Å². The van der Waals surface area contributed by atoms with Crippen molar-refractivity contribution in [1.82, 2.24) is 0 Å². The highest BCUT2D eigenvalue weighted by Crippen LogP contribution is 2.22. The van der Waals surface area contributed by atoms with E-state index in [1.165, 1.54) is 6.08 Å². The van der Waals surface area contributed by atoms with Gasteiger partial charge in [-0.05, 0) is 43.7 Å². The molecule has 0 radical (unpaired) electrons. The SMILES string of the molecule is C=CC(=O)CCC(CCCN)C(C)C. The summed E-state index contributed by atoms with van der Waals surface area (Å²) in [6.45, 7) is 8.64. The summed E-state index contributed by atoms with van der Waals surface area (Å²) in [5.41, 5.74) is 5.48. The van der Waals surface area contributed by atoms with Gasteiger partial charge in [0.1, 0.15) is 0 Å². The second-order valence-electron chi connectivity index (χ2n) is 4.14. The molecule has 2 heteroatoms. The molecule has 0 rings (SSSR count). The molecule has 0 saturated carbocycles. The Morgan fingerprint density at radius 2 is 2.07 bits per heavy atom. The fourth-order valence-corrected chi connectivity index (χ4v) is 1.62. The van der Waals surface area contributed by atoms with Crippen LogP contribution in [0.5, 0.6) is 0 Å². The molecule has 0 heterocycles. The van der Waals surface area contributed by atoms with Crippen molar-refractivity contribution in [2.45, 2.75) is 39.5 Å². The summed E-state index contributed by atoms with van der Waals surface area (Å²) in [6, 6.07) is 0. The Kier molecular flexibility index (Phi) is 7.40. The Hall–Kier alpha value is -0.630. The van der Waals surface area contributed by atoms with Crippen LogP contribution in [0, 0.1) is 11.8 Å². The van der Waals surface area contributed by atoms with E-state index < -0.39 is 0 Å². The number of hydrogen-bond acceptors (Lipinski definition) is 2. The molecule has 0 bridgehead atoms. The van der Waals surface area contributed by atoms with Gasteiger partial charge < -0.3 is 5.73 Å². The third-order valence-electron chi connectivity index (χ3n) is 2.71. The van der Waals surface area contributed by atoms with Crippen LogP contribution in [0.2, 0.25) is 0 Å².